The molecule has 0 N–H and O–H groups in total. The van der Waals surface area contributed by atoms with Crippen LogP contribution < -0.4 is 4.90 Å². The van der Waals surface area contributed by atoms with E-state index in [9.17, 15) is 9.59 Å². The quantitative estimate of drug-likeness (QED) is 0.782. The van der Waals surface area contributed by atoms with Gasteiger partial charge in [-0.05, 0) is 32.1 Å². The smallest absolute Gasteiger partial charge is 0.226 e. The van der Waals surface area contributed by atoms with Crippen LogP contribution in [0.1, 0.15) is 75.0 Å². The summed E-state index contributed by atoms with van der Waals surface area (Å²) in [7, 11) is 3.98. The maximum Gasteiger partial charge on any atom is 0.226 e. The monoisotopic (exact) mass is 399 g/mol. The van der Waals surface area contributed by atoms with Crippen molar-refractivity contribution in [1.29, 1.82) is 0 Å². The second kappa shape index (κ2) is 8.28. The van der Waals surface area contributed by atoms with Crippen molar-refractivity contribution in [3.05, 3.63) is 17.1 Å². The van der Waals surface area contributed by atoms with Crippen LogP contribution in [0.25, 0.3) is 0 Å². The van der Waals surface area contributed by atoms with E-state index in [1.54, 1.807) is 6.92 Å². The van der Waals surface area contributed by atoms with Gasteiger partial charge in [-0.25, -0.2) is 9.97 Å². The molecule has 29 heavy (non-hydrogen) atoms. The standard InChI is InChI=1S/C22H33N5O2/c1-15(28)26-13-11-18-17(14-26)21(25(2)3)24-20(23-18)19-10-6-7-12-27(19)22(29)16-8-4-5-9-16/h16,19H,4-14H2,1-3H3/t19-/m1/s1. The van der Waals surface area contributed by atoms with Crippen LogP contribution in [0.5, 0.6) is 0 Å². The molecule has 3 aliphatic rings. The predicted molar refractivity (Wildman–Crippen MR) is 111 cm³/mol. The first-order chi connectivity index (χ1) is 14.0. The number of fused-ring (bicyclic) bond motifs is 1. The van der Waals surface area contributed by atoms with Crippen LogP contribution >= 0.6 is 0 Å². The number of amides is 2. The zero-order valence-corrected chi connectivity index (χ0v) is 18.0. The average molecular weight is 400 g/mol. The fraction of sp³-hybridized carbons (Fsp3) is 0.727. The van der Waals surface area contributed by atoms with E-state index in [-0.39, 0.29) is 17.9 Å². The minimum Gasteiger partial charge on any atom is -0.362 e. The number of carbonyl (C=O) groups is 2. The van der Waals surface area contributed by atoms with Crippen LogP contribution in [-0.2, 0) is 22.6 Å². The third kappa shape index (κ3) is 3.96. The molecule has 2 fully saturated rings. The van der Waals surface area contributed by atoms with E-state index in [4.69, 9.17) is 9.97 Å². The molecule has 7 heteroatoms. The molecule has 2 aliphatic heterocycles. The lowest BCUT2D eigenvalue weighted by Crippen LogP contribution is -2.42. The molecule has 1 aromatic rings. The zero-order chi connectivity index (χ0) is 20.5. The Morgan fingerprint density at radius 2 is 1.72 bits per heavy atom. The summed E-state index contributed by atoms with van der Waals surface area (Å²) in [5.41, 5.74) is 2.08. The van der Waals surface area contributed by atoms with Gasteiger partial charge in [-0.1, -0.05) is 12.8 Å². The highest BCUT2D eigenvalue weighted by Gasteiger charge is 2.36. The lowest BCUT2D eigenvalue weighted by molar-refractivity contribution is -0.139. The molecule has 1 aliphatic carbocycles. The molecule has 4 rings (SSSR count). The topological polar surface area (TPSA) is 69.6 Å². The number of likely N-dealkylation sites (tertiary alicyclic amines) is 1. The summed E-state index contributed by atoms with van der Waals surface area (Å²) in [6.07, 6.45) is 8.23. The molecular formula is C22H33N5O2. The third-order valence-electron chi connectivity index (χ3n) is 6.71. The molecule has 0 spiro atoms. The van der Waals surface area contributed by atoms with Crippen molar-refractivity contribution >= 4 is 17.6 Å². The fourth-order valence-electron chi connectivity index (χ4n) is 5.07. The highest BCUT2D eigenvalue weighted by molar-refractivity contribution is 5.79. The van der Waals surface area contributed by atoms with E-state index in [1.165, 1.54) is 12.8 Å². The summed E-state index contributed by atoms with van der Waals surface area (Å²) >= 11 is 0. The second-order valence-corrected chi connectivity index (χ2v) is 8.94. The molecule has 0 aromatic carbocycles. The molecule has 7 nitrogen and oxygen atoms in total. The van der Waals surface area contributed by atoms with Gasteiger partial charge in [0.1, 0.15) is 5.82 Å². The van der Waals surface area contributed by atoms with Gasteiger partial charge in [-0.3, -0.25) is 9.59 Å². The first-order valence-corrected chi connectivity index (χ1v) is 11.1. The molecule has 1 atom stereocenters. The molecule has 158 valence electrons. The molecular weight excluding hydrogens is 366 g/mol. The van der Waals surface area contributed by atoms with Gasteiger partial charge in [0.15, 0.2) is 5.82 Å². The molecule has 3 heterocycles. The zero-order valence-electron chi connectivity index (χ0n) is 18.0. The SMILES string of the molecule is CC(=O)N1CCc2nc([C@H]3CCCCN3C(=O)C3CCCC3)nc(N(C)C)c2C1. The highest BCUT2D eigenvalue weighted by Crippen LogP contribution is 2.36. The maximum atomic E-state index is 13.2. The minimum absolute atomic E-state index is 0.0216. The van der Waals surface area contributed by atoms with E-state index in [2.05, 4.69) is 4.90 Å². The Morgan fingerprint density at radius 1 is 1.00 bits per heavy atom. The fourth-order valence-corrected chi connectivity index (χ4v) is 5.07. The summed E-state index contributed by atoms with van der Waals surface area (Å²) in [5, 5.41) is 0. The first-order valence-electron chi connectivity index (χ1n) is 11.1. The lowest BCUT2D eigenvalue weighted by atomic mass is 9.97. The van der Waals surface area contributed by atoms with Gasteiger partial charge in [0.05, 0.1) is 18.3 Å². The normalized spacial score (nSPS) is 22.5. The summed E-state index contributed by atoms with van der Waals surface area (Å²) in [6, 6.07) is -0.0216. The van der Waals surface area contributed by atoms with Crippen LogP contribution in [-0.4, -0.2) is 58.8 Å². The summed E-state index contributed by atoms with van der Waals surface area (Å²) in [6.45, 7) is 3.69. The number of carbonyl (C=O) groups excluding carboxylic acids is 2. The van der Waals surface area contributed by atoms with Crippen LogP contribution in [0.15, 0.2) is 0 Å². The number of nitrogens with zero attached hydrogens (tertiary/aromatic N) is 5. The summed E-state index contributed by atoms with van der Waals surface area (Å²) in [4.78, 5) is 41.0. The summed E-state index contributed by atoms with van der Waals surface area (Å²) < 4.78 is 0. The summed E-state index contributed by atoms with van der Waals surface area (Å²) in [5.74, 6) is 2.25. The van der Waals surface area contributed by atoms with E-state index < -0.39 is 0 Å². The van der Waals surface area contributed by atoms with Gasteiger partial charge in [-0.2, -0.15) is 0 Å². The second-order valence-electron chi connectivity index (χ2n) is 8.94. The van der Waals surface area contributed by atoms with Gasteiger partial charge in [0.2, 0.25) is 11.8 Å². The van der Waals surface area contributed by atoms with Gasteiger partial charge >= 0.3 is 0 Å². The van der Waals surface area contributed by atoms with Crippen LogP contribution in [0.4, 0.5) is 5.82 Å². The molecule has 0 radical (unpaired) electrons. The third-order valence-corrected chi connectivity index (χ3v) is 6.71. The van der Waals surface area contributed by atoms with E-state index in [0.29, 0.717) is 19.0 Å². The Labute approximate surface area is 173 Å². The largest absolute Gasteiger partial charge is 0.362 e. The lowest BCUT2D eigenvalue weighted by Gasteiger charge is -2.37. The van der Waals surface area contributed by atoms with Crippen LogP contribution in [0, 0.1) is 5.92 Å². The van der Waals surface area contributed by atoms with Crippen LogP contribution in [0.2, 0.25) is 0 Å². The Kier molecular flexibility index (Phi) is 5.74. The van der Waals surface area contributed by atoms with Gasteiger partial charge in [0, 0.05) is 52.0 Å². The molecule has 0 unspecified atom stereocenters. The van der Waals surface area contributed by atoms with E-state index >= 15 is 0 Å². The first kappa shape index (κ1) is 20.1. The minimum atomic E-state index is -0.0216. The molecule has 1 saturated carbocycles. The van der Waals surface area contributed by atoms with Crippen molar-refractivity contribution in [2.75, 3.05) is 32.1 Å². The van der Waals surface area contributed by atoms with Crippen molar-refractivity contribution in [2.24, 2.45) is 5.92 Å². The van der Waals surface area contributed by atoms with Crippen molar-refractivity contribution < 1.29 is 9.59 Å². The maximum absolute atomic E-state index is 13.2. The Morgan fingerprint density at radius 3 is 2.41 bits per heavy atom. The molecule has 2 amide bonds. The Balaban J connectivity index is 1.67. The van der Waals surface area contributed by atoms with Gasteiger partial charge in [-0.15, -0.1) is 0 Å². The number of piperidine rings is 1. The number of rotatable bonds is 3. The molecule has 1 aromatic heterocycles. The van der Waals surface area contributed by atoms with Crippen molar-refractivity contribution in [1.82, 2.24) is 19.8 Å². The molecule has 1 saturated heterocycles. The van der Waals surface area contributed by atoms with E-state index in [0.717, 1.165) is 68.0 Å². The van der Waals surface area contributed by atoms with Gasteiger partial charge < -0.3 is 14.7 Å². The number of aromatic nitrogens is 2. The highest BCUT2D eigenvalue weighted by atomic mass is 16.2. The Hall–Kier alpha value is -2.18. The van der Waals surface area contributed by atoms with Crippen LogP contribution in [0.3, 0.4) is 0 Å². The number of hydrogen-bond donors (Lipinski definition) is 0. The van der Waals surface area contributed by atoms with Crippen molar-refractivity contribution in [3.63, 3.8) is 0 Å². The predicted octanol–water partition coefficient (Wildman–Crippen LogP) is 2.69. The average Bonchev–Trinajstić information content (AvgIpc) is 3.26. The molecule has 0 bridgehead atoms. The number of anilines is 1. The van der Waals surface area contributed by atoms with E-state index in [1.807, 2.05) is 23.9 Å². The Bertz CT molecular complexity index is 788. The van der Waals surface area contributed by atoms with Crippen molar-refractivity contribution in [3.8, 4) is 0 Å². The van der Waals surface area contributed by atoms with Gasteiger partial charge in [0.25, 0.3) is 0 Å². The van der Waals surface area contributed by atoms with Crippen molar-refractivity contribution in [2.45, 2.75) is 70.9 Å². The number of hydrogen-bond acceptors (Lipinski definition) is 5.